The van der Waals surface area contributed by atoms with E-state index in [9.17, 15) is 19.2 Å². The Morgan fingerprint density at radius 2 is 1.04 bits per heavy atom. The molecule has 4 heterocycles. The quantitative estimate of drug-likeness (QED) is 0.143. The summed E-state index contributed by atoms with van der Waals surface area (Å²) in [5.74, 6) is 7.41. The Balaban J connectivity index is 1.08. The van der Waals surface area contributed by atoms with Crippen LogP contribution >= 0.6 is 0 Å². The van der Waals surface area contributed by atoms with E-state index in [2.05, 4.69) is 42.4 Å². The zero-order valence-corrected chi connectivity index (χ0v) is 32.7. The number of hydrogen-bond donors (Lipinski definition) is 4. The van der Waals surface area contributed by atoms with E-state index in [-0.39, 0.29) is 35.7 Å². The van der Waals surface area contributed by atoms with Crippen LogP contribution in [-0.2, 0) is 19.1 Å². The van der Waals surface area contributed by atoms with Gasteiger partial charge in [-0.3, -0.25) is 9.59 Å². The van der Waals surface area contributed by atoms with E-state index in [1.165, 1.54) is 14.2 Å². The fourth-order valence-electron chi connectivity index (χ4n) is 7.30. The molecule has 4 aromatic rings. The van der Waals surface area contributed by atoms with Crippen LogP contribution in [0.3, 0.4) is 0 Å². The van der Waals surface area contributed by atoms with Gasteiger partial charge in [0.05, 0.1) is 50.1 Å². The molecule has 2 aromatic carbocycles. The van der Waals surface area contributed by atoms with Gasteiger partial charge in [-0.05, 0) is 72.9 Å². The summed E-state index contributed by atoms with van der Waals surface area (Å²) in [6.45, 7) is 8.76. The number of ether oxygens (including phenoxy) is 2. The maximum absolute atomic E-state index is 13.5. The maximum Gasteiger partial charge on any atom is 0.407 e. The fourth-order valence-corrected chi connectivity index (χ4v) is 7.30. The van der Waals surface area contributed by atoms with Gasteiger partial charge < -0.3 is 39.9 Å². The van der Waals surface area contributed by atoms with Gasteiger partial charge in [-0.1, -0.05) is 63.8 Å². The number of hydrogen-bond acceptors (Lipinski definition) is 8. The van der Waals surface area contributed by atoms with Gasteiger partial charge in [0, 0.05) is 24.2 Å². The van der Waals surface area contributed by atoms with E-state index in [0.29, 0.717) is 24.7 Å². The molecule has 4 amide bonds. The molecule has 2 saturated heterocycles. The Kier molecular flexibility index (Phi) is 12.4. The van der Waals surface area contributed by atoms with Gasteiger partial charge in [-0.2, -0.15) is 0 Å². The van der Waals surface area contributed by atoms with Gasteiger partial charge in [-0.25, -0.2) is 19.6 Å². The number of carbonyl (C=O) groups is 4. The fraction of sp³-hybridized carbons (Fsp3) is 0.429. The van der Waals surface area contributed by atoms with E-state index in [1.807, 2.05) is 76.2 Å². The molecule has 4 N–H and O–H groups in total. The number of H-pyrrole nitrogens is 2. The molecule has 14 nitrogen and oxygen atoms in total. The summed E-state index contributed by atoms with van der Waals surface area (Å²) in [6, 6.07) is 14.0. The third-order valence-corrected chi connectivity index (χ3v) is 10.4. The minimum Gasteiger partial charge on any atom is -0.453 e. The molecule has 2 fully saturated rings. The lowest BCUT2D eigenvalue weighted by Crippen LogP contribution is -2.51. The number of nitrogens with zero attached hydrogens (tertiary/aromatic N) is 4. The molecule has 2 aliphatic rings. The van der Waals surface area contributed by atoms with Crippen LogP contribution in [0.5, 0.6) is 0 Å². The number of carbonyl (C=O) groups excluding carboxylic acids is 4. The molecule has 0 aliphatic carbocycles. The molecule has 4 atom stereocenters. The summed E-state index contributed by atoms with van der Waals surface area (Å²) in [6.07, 6.45) is 5.55. The number of rotatable bonds is 10. The van der Waals surface area contributed by atoms with Gasteiger partial charge in [0.15, 0.2) is 0 Å². The number of amides is 4. The van der Waals surface area contributed by atoms with Crippen molar-refractivity contribution < 1.29 is 28.7 Å². The molecular weight excluding hydrogens is 713 g/mol. The standard InChI is InChI=1S/C42H50N8O6/c1-25(2)35(47-41(53)55-5)39(51)49-21-7-9-33(49)37-43-23-31(45-37)29-17-13-27(14-18-29)11-12-28-15-19-30(20-16-28)32-24-44-38(46-32)34-10-8-22-50(34)40(52)36(26(3)4)48-42(54)56-6/h13-20,23-26,33-36H,7-10,21-22H2,1-6H3,(H,43,45)(H,44,46)(H,47,53)(H,48,54)/t33-,34-,35-,36?/m0/s1. The minimum atomic E-state index is -0.690. The van der Waals surface area contributed by atoms with Crippen LogP contribution < -0.4 is 10.6 Å². The van der Waals surface area contributed by atoms with Crippen molar-refractivity contribution in [3.8, 4) is 34.4 Å². The Labute approximate surface area is 327 Å². The third kappa shape index (κ3) is 8.88. The normalized spacial score (nSPS) is 17.6. The molecule has 2 aliphatic heterocycles. The van der Waals surface area contributed by atoms with Gasteiger partial charge in [-0.15, -0.1) is 0 Å². The van der Waals surface area contributed by atoms with Crippen LogP contribution in [0, 0.1) is 23.7 Å². The van der Waals surface area contributed by atoms with Crippen molar-refractivity contribution in [1.29, 1.82) is 0 Å². The van der Waals surface area contributed by atoms with Crippen molar-refractivity contribution in [2.45, 2.75) is 77.5 Å². The second-order valence-corrected chi connectivity index (χ2v) is 14.9. The monoisotopic (exact) mass is 762 g/mol. The minimum absolute atomic E-state index is 0.106. The van der Waals surface area contributed by atoms with Crippen LogP contribution in [0.1, 0.15) is 88.2 Å². The van der Waals surface area contributed by atoms with Crippen LogP contribution in [0.25, 0.3) is 22.5 Å². The molecule has 56 heavy (non-hydrogen) atoms. The summed E-state index contributed by atoms with van der Waals surface area (Å²) in [4.78, 5) is 70.5. The second-order valence-electron chi connectivity index (χ2n) is 14.9. The molecule has 0 saturated carbocycles. The third-order valence-electron chi connectivity index (χ3n) is 10.4. The van der Waals surface area contributed by atoms with Gasteiger partial charge in [0.1, 0.15) is 23.7 Å². The van der Waals surface area contributed by atoms with Crippen molar-refractivity contribution in [2.75, 3.05) is 27.3 Å². The average molecular weight is 763 g/mol. The lowest BCUT2D eigenvalue weighted by molar-refractivity contribution is -0.136. The van der Waals surface area contributed by atoms with Crippen LogP contribution in [0.2, 0.25) is 0 Å². The SMILES string of the molecule is COC(=O)NC(C(=O)N1CCC[C@H]1c1ncc(-c2ccc(C#Cc3ccc(-c4cnc([C@@H]5CCCN5C(=O)[C@@H](NC(=O)OC)C(C)C)[nH]4)cc3)cc2)[nH]1)C(C)C. The first-order valence-corrected chi connectivity index (χ1v) is 19.1. The number of aromatic amines is 2. The number of imidazole rings is 2. The van der Waals surface area contributed by atoms with E-state index in [0.717, 1.165) is 59.3 Å². The lowest BCUT2D eigenvalue weighted by atomic mass is 10.0. The summed E-state index contributed by atoms with van der Waals surface area (Å²) < 4.78 is 9.49. The highest BCUT2D eigenvalue weighted by Gasteiger charge is 2.39. The van der Waals surface area contributed by atoms with Crippen molar-refractivity contribution >= 4 is 24.0 Å². The number of benzene rings is 2. The highest BCUT2D eigenvalue weighted by Crippen LogP contribution is 2.34. The Morgan fingerprint density at radius 1 is 0.661 bits per heavy atom. The van der Waals surface area contributed by atoms with Gasteiger partial charge >= 0.3 is 12.2 Å². The van der Waals surface area contributed by atoms with Crippen molar-refractivity contribution in [3.05, 3.63) is 83.7 Å². The Bertz CT molecular complexity index is 1930. The number of methoxy groups -OCH3 is 2. The van der Waals surface area contributed by atoms with Crippen LogP contribution in [0.4, 0.5) is 9.59 Å². The number of nitrogens with one attached hydrogen (secondary N) is 4. The molecule has 6 rings (SSSR count). The predicted molar refractivity (Wildman–Crippen MR) is 210 cm³/mol. The zero-order chi connectivity index (χ0) is 39.9. The first kappa shape index (κ1) is 39.6. The van der Waals surface area contributed by atoms with E-state index < -0.39 is 24.3 Å². The van der Waals surface area contributed by atoms with Crippen molar-refractivity contribution in [1.82, 2.24) is 40.4 Å². The first-order chi connectivity index (χ1) is 27.0. The molecule has 0 radical (unpaired) electrons. The number of alkyl carbamates (subject to hydrolysis) is 2. The topological polar surface area (TPSA) is 175 Å². The molecule has 294 valence electrons. The summed E-state index contributed by atoms with van der Waals surface area (Å²) in [7, 11) is 2.57. The van der Waals surface area contributed by atoms with Crippen molar-refractivity contribution in [3.63, 3.8) is 0 Å². The van der Waals surface area contributed by atoms with Crippen LogP contribution in [-0.4, -0.2) is 93.1 Å². The predicted octanol–water partition coefficient (Wildman–Crippen LogP) is 5.95. The largest absolute Gasteiger partial charge is 0.453 e. The molecule has 1 unspecified atom stereocenters. The van der Waals surface area contributed by atoms with Gasteiger partial charge in [0.25, 0.3) is 0 Å². The summed E-state index contributed by atoms with van der Waals surface area (Å²) in [5, 5.41) is 5.37. The smallest absolute Gasteiger partial charge is 0.407 e. The van der Waals surface area contributed by atoms with Crippen LogP contribution in [0.15, 0.2) is 60.9 Å². The maximum atomic E-state index is 13.5. The number of aromatic nitrogens is 4. The number of likely N-dealkylation sites (tertiary alicyclic amines) is 2. The summed E-state index contributed by atoms with van der Waals surface area (Å²) >= 11 is 0. The van der Waals surface area contributed by atoms with E-state index in [4.69, 9.17) is 9.47 Å². The average Bonchev–Trinajstić information content (AvgIpc) is 4.04. The lowest BCUT2D eigenvalue weighted by Gasteiger charge is -2.30. The Morgan fingerprint density at radius 3 is 1.38 bits per heavy atom. The zero-order valence-electron chi connectivity index (χ0n) is 32.7. The molecular formula is C42H50N8O6. The second kappa shape index (κ2) is 17.6. The molecule has 0 bridgehead atoms. The van der Waals surface area contributed by atoms with Gasteiger partial charge in [0.2, 0.25) is 11.8 Å². The Hall–Kier alpha value is -6.10. The van der Waals surface area contributed by atoms with E-state index >= 15 is 0 Å². The molecule has 14 heteroatoms. The molecule has 2 aromatic heterocycles. The summed E-state index contributed by atoms with van der Waals surface area (Å²) in [5.41, 5.74) is 5.29. The molecule has 0 spiro atoms. The van der Waals surface area contributed by atoms with Crippen molar-refractivity contribution in [2.24, 2.45) is 11.8 Å². The van der Waals surface area contributed by atoms with E-state index in [1.54, 1.807) is 22.2 Å². The highest BCUT2D eigenvalue weighted by molar-refractivity contribution is 5.87. The first-order valence-electron chi connectivity index (χ1n) is 19.1. The highest BCUT2D eigenvalue weighted by atomic mass is 16.5.